The Hall–Kier alpha value is -1.30. The van der Waals surface area contributed by atoms with Crippen LogP contribution in [0.4, 0.5) is 10.5 Å². The van der Waals surface area contributed by atoms with Crippen LogP contribution < -0.4 is 5.32 Å². The van der Waals surface area contributed by atoms with Gasteiger partial charge in [-0.2, -0.15) is 0 Å². The predicted octanol–water partition coefficient (Wildman–Crippen LogP) is 1.78. The summed E-state index contributed by atoms with van der Waals surface area (Å²) in [5, 5.41) is 21.2. The van der Waals surface area contributed by atoms with Crippen molar-refractivity contribution in [1.29, 1.82) is 0 Å². The van der Waals surface area contributed by atoms with Crippen LogP contribution in [0.25, 0.3) is 0 Å². The third-order valence-electron chi connectivity index (χ3n) is 2.76. The minimum Gasteiger partial charge on any atom is -0.395 e. The Morgan fingerprint density at radius 3 is 2.11 bits per heavy atom. The van der Waals surface area contributed by atoms with Crippen LogP contribution in [0.15, 0.2) is 12.1 Å². The molecule has 5 nitrogen and oxygen atoms in total. The van der Waals surface area contributed by atoms with Crippen molar-refractivity contribution in [2.24, 2.45) is 0 Å². The van der Waals surface area contributed by atoms with Crippen LogP contribution in [0.1, 0.15) is 11.1 Å². The smallest absolute Gasteiger partial charge is 0.322 e. The van der Waals surface area contributed by atoms with E-state index in [1.165, 1.54) is 4.90 Å². The molecular formula is C13H19ClN2O3. The number of benzene rings is 1. The molecule has 0 aliphatic carbocycles. The average Bonchev–Trinajstić information content (AvgIpc) is 2.33. The summed E-state index contributed by atoms with van der Waals surface area (Å²) in [6.45, 7) is 3.78. The number of nitrogens with zero attached hydrogens (tertiary/aromatic N) is 1. The van der Waals surface area contributed by atoms with Crippen molar-refractivity contribution in [3.05, 3.63) is 28.3 Å². The van der Waals surface area contributed by atoms with Crippen LogP contribution in [0.5, 0.6) is 0 Å². The molecule has 2 amide bonds. The quantitative estimate of drug-likeness (QED) is 0.772. The van der Waals surface area contributed by atoms with Crippen LogP contribution in [-0.4, -0.2) is 47.4 Å². The van der Waals surface area contributed by atoms with E-state index in [0.29, 0.717) is 10.7 Å². The summed E-state index contributed by atoms with van der Waals surface area (Å²) in [7, 11) is 0. The highest BCUT2D eigenvalue weighted by molar-refractivity contribution is 6.30. The Kier molecular flexibility index (Phi) is 6.08. The highest BCUT2D eigenvalue weighted by atomic mass is 35.5. The van der Waals surface area contributed by atoms with Gasteiger partial charge in [-0.15, -0.1) is 0 Å². The number of halogens is 1. The van der Waals surface area contributed by atoms with Gasteiger partial charge in [-0.1, -0.05) is 11.6 Å². The third kappa shape index (κ3) is 4.38. The second-order valence-electron chi connectivity index (χ2n) is 4.28. The molecule has 19 heavy (non-hydrogen) atoms. The molecule has 0 radical (unpaired) electrons. The Bertz CT molecular complexity index is 423. The van der Waals surface area contributed by atoms with Gasteiger partial charge in [0, 0.05) is 23.8 Å². The number of carbonyl (C=O) groups excluding carboxylic acids is 1. The molecule has 0 aliphatic heterocycles. The zero-order chi connectivity index (χ0) is 14.4. The van der Waals surface area contributed by atoms with E-state index in [4.69, 9.17) is 21.8 Å². The topological polar surface area (TPSA) is 72.8 Å². The minimum atomic E-state index is -0.350. The Balaban J connectivity index is 2.86. The van der Waals surface area contributed by atoms with E-state index in [-0.39, 0.29) is 32.3 Å². The van der Waals surface area contributed by atoms with Crippen molar-refractivity contribution >= 4 is 23.3 Å². The average molecular weight is 287 g/mol. The summed E-state index contributed by atoms with van der Waals surface area (Å²) in [6, 6.07) is 3.19. The fraction of sp³-hybridized carbons (Fsp3) is 0.462. The number of aliphatic hydroxyl groups excluding tert-OH is 2. The van der Waals surface area contributed by atoms with E-state index >= 15 is 0 Å². The molecule has 6 heteroatoms. The van der Waals surface area contributed by atoms with Crippen LogP contribution in [-0.2, 0) is 0 Å². The van der Waals surface area contributed by atoms with Crippen molar-refractivity contribution in [2.75, 3.05) is 31.6 Å². The summed E-state index contributed by atoms with van der Waals surface area (Å²) >= 11 is 5.93. The summed E-state index contributed by atoms with van der Waals surface area (Å²) in [5.41, 5.74) is 2.44. The maximum Gasteiger partial charge on any atom is 0.322 e. The molecule has 3 N–H and O–H groups in total. The van der Waals surface area contributed by atoms with Crippen molar-refractivity contribution in [3.8, 4) is 0 Å². The number of nitrogens with one attached hydrogen (secondary N) is 1. The predicted molar refractivity (Wildman–Crippen MR) is 75.7 cm³/mol. The molecule has 0 saturated carbocycles. The lowest BCUT2D eigenvalue weighted by atomic mass is 10.1. The standard InChI is InChI=1S/C13H19ClN2O3/c1-9-7-11(14)8-10(2)12(9)15-13(19)16(3-5-17)4-6-18/h7-8,17-18H,3-6H2,1-2H3,(H,15,19). The number of anilines is 1. The van der Waals surface area contributed by atoms with Crippen molar-refractivity contribution in [3.63, 3.8) is 0 Å². The lowest BCUT2D eigenvalue weighted by Crippen LogP contribution is -2.39. The Morgan fingerprint density at radius 1 is 1.21 bits per heavy atom. The minimum absolute atomic E-state index is 0.147. The highest BCUT2D eigenvalue weighted by Gasteiger charge is 2.14. The first-order chi connectivity index (χ1) is 8.99. The monoisotopic (exact) mass is 286 g/mol. The number of amides is 2. The molecule has 1 aromatic rings. The lowest BCUT2D eigenvalue weighted by Gasteiger charge is -2.22. The van der Waals surface area contributed by atoms with E-state index in [0.717, 1.165) is 11.1 Å². The van der Waals surface area contributed by atoms with E-state index in [9.17, 15) is 4.79 Å². The van der Waals surface area contributed by atoms with Crippen molar-refractivity contribution in [2.45, 2.75) is 13.8 Å². The summed E-state index contributed by atoms with van der Waals surface area (Å²) in [4.78, 5) is 13.4. The molecule has 0 heterocycles. The van der Waals surface area contributed by atoms with Gasteiger partial charge in [-0.05, 0) is 37.1 Å². The Morgan fingerprint density at radius 2 is 1.68 bits per heavy atom. The molecule has 106 valence electrons. The first kappa shape index (κ1) is 15.8. The van der Waals surface area contributed by atoms with Gasteiger partial charge in [0.25, 0.3) is 0 Å². The van der Waals surface area contributed by atoms with Gasteiger partial charge in [0.05, 0.1) is 13.2 Å². The zero-order valence-corrected chi connectivity index (χ0v) is 11.9. The highest BCUT2D eigenvalue weighted by Crippen LogP contribution is 2.25. The number of hydrogen-bond acceptors (Lipinski definition) is 3. The molecule has 0 atom stereocenters. The number of aliphatic hydroxyl groups is 2. The molecule has 0 bridgehead atoms. The molecule has 0 spiro atoms. The second-order valence-corrected chi connectivity index (χ2v) is 4.72. The van der Waals surface area contributed by atoms with Gasteiger partial charge in [-0.25, -0.2) is 4.79 Å². The first-order valence-corrected chi connectivity index (χ1v) is 6.41. The van der Waals surface area contributed by atoms with Crippen LogP contribution in [0, 0.1) is 13.8 Å². The van der Waals surface area contributed by atoms with E-state index in [1.807, 2.05) is 13.8 Å². The van der Waals surface area contributed by atoms with Gasteiger partial charge in [-0.3, -0.25) is 0 Å². The van der Waals surface area contributed by atoms with Gasteiger partial charge in [0.15, 0.2) is 0 Å². The largest absolute Gasteiger partial charge is 0.395 e. The van der Waals surface area contributed by atoms with E-state index in [2.05, 4.69) is 5.32 Å². The molecule has 0 fully saturated rings. The summed E-state index contributed by atoms with van der Waals surface area (Å²) in [6.07, 6.45) is 0. The fourth-order valence-electron chi connectivity index (χ4n) is 1.85. The Labute approximate surface area is 117 Å². The molecule has 0 aromatic heterocycles. The van der Waals surface area contributed by atoms with Crippen LogP contribution in [0.3, 0.4) is 0 Å². The number of urea groups is 1. The van der Waals surface area contributed by atoms with E-state index < -0.39 is 0 Å². The van der Waals surface area contributed by atoms with Gasteiger partial charge in [0.2, 0.25) is 0 Å². The fourth-order valence-corrected chi connectivity index (χ4v) is 2.18. The molecule has 0 aliphatic rings. The normalized spacial score (nSPS) is 10.4. The SMILES string of the molecule is Cc1cc(Cl)cc(C)c1NC(=O)N(CCO)CCO. The molecule has 1 rings (SSSR count). The summed E-state index contributed by atoms with van der Waals surface area (Å²) < 4.78 is 0. The van der Waals surface area contributed by atoms with Gasteiger partial charge in [0.1, 0.15) is 0 Å². The third-order valence-corrected chi connectivity index (χ3v) is 2.97. The number of hydrogen-bond donors (Lipinski definition) is 3. The molecule has 1 aromatic carbocycles. The zero-order valence-electron chi connectivity index (χ0n) is 11.1. The van der Waals surface area contributed by atoms with Gasteiger partial charge >= 0.3 is 6.03 Å². The lowest BCUT2D eigenvalue weighted by molar-refractivity contribution is 0.167. The van der Waals surface area contributed by atoms with Crippen LogP contribution in [0.2, 0.25) is 5.02 Å². The van der Waals surface area contributed by atoms with Crippen molar-refractivity contribution in [1.82, 2.24) is 4.90 Å². The number of rotatable bonds is 5. The number of carbonyl (C=O) groups is 1. The van der Waals surface area contributed by atoms with Crippen molar-refractivity contribution < 1.29 is 15.0 Å². The molecular weight excluding hydrogens is 268 g/mol. The number of aryl methyl sites for hydroxylation is 2. The van der Waals surface area contributed by atoms with E-state index in [1.54, 1.807) is 12.1 Å². The van der Waals surface area contributed by atoms with Crippen LogP contribution >= 0.6 is 11.6 Å². The second kappa shape index (κ2) is 7.33. The summed E-state index contributed by atoms with van der Waals surface area (Å²) in [5.74, 6) is 0. The molecule has 0 unspecified atom stereocenters. The maximum atomic E-state index is 12.0. The van der Waals surface area contributed by atoms with Gasteiger partial charge < -0.3 is 20.4 Å². The first-order valence-electron chi connectivity index (χ1n) is 6.04. The molecule has 0 saturated heterocycles. The maximum absolute atomic E-state index is 12.0.